The average Bonchev–Trinajstić information content (AvgIpc) is 2.78. The Morgan fingerprint density at radius 2 is 1.80 bits per heavy atom. The number of methoxy groups -OCH3 is 1. The molecular formula is C24H29N3O3. The molecule has 2 aromatic carbocycles. The fourth-order valence-corrected chi connectivity index (χ4v) is 3.94. The van der Waals surface area contributed by atoms with Gasteiger partial charge in [-0.25, -0.2) is 0 Å². The predicted molar refractivity (Wildman–Crippen MR) is 122 cm³/mol. The van der Waals surface area contributed by atoms with E-state index in [4.69, 9.17) is 9.47 Å². The number of nitrogens with zero attached hydrogens (tertiary/aromatic N) is 2. The van der Waals surface area contributed by atoms with Gasteiger partial charge in [0.2, 0.25) is 0 Å². The molecule has 1 aromatic heterocycles. The number of ether oxygens (including phenoxy) is 2. The van der Waals surface area contributed by atoms with Crippen LogP contribution in [-0.4, -0.2) is 38.0 Å². The highest BCUT2D eigenvalue weighted by Crippen LogP contribution is 2.24. The summed E-state index contributed by atoms with van der Waals surface area (Å²) in [7, 11) is 1.64. The van der Waals surface area contributed by atoms with Gasteiger partial charge in [0, 0.05) is 48.7 Å². The molecule has 1 saturated heterocycles. The van der Waals surface area contributed by atoms with Crippen molar-refractivity contribution in [2.75, 3.05) is 43.6 Å². The minimum absolute atomic E-state index is 0.0307. The number of fused-ring (bicyclic) bond motifs is 1. The summed E-state index contributed by atoms with van der Waals surface area (Å²) in [6, 6.07) is 16.3. The Morgan fingerprint density at radius 3 is 2.47 bits per heavy atom. The lowest BCUT2D eigenvalue weighted by Gasteiger charge is -2.29. The number of hydrogen-bond donors (Lipinski definition) is 1. The summed E-state index contributed by atoms with van der Waals surface area (Å²) >= 11 is 0. The minimum Gasteiger partial charge on any atom is -0.497 e. The number of hydrogen-bond acceptors (Lipinski definition) is 5. The van der Waals surface area contributed by atoms with E-state index in [9.17, 15) is 4.79 Å². The van der Waals surface area contributed by atoms with Crippen LogP contribution in [0.2, 0.25) is 0 Å². The van der Waals surface area contributed by atoms with Crippen molar-refractivity contribution >= 4 is 22.3 Å². The third-order valence-corrected chi connectivity index (χ3v) is 5.56. The first-order valence-electron chi connectivity index (χ1n) is 10.5. The zero-order chi connectivity index (χ0) is 21.1. The van der Waals surface area contributed by atoms with Crippen LogP contribution in [0, 0.1) is 0 Å². The van der Waals surface area contributed by atoms with Crippen LogP contribution >= 0.6 is 0 Å². The van der Waals surface area contributed by atoms with Gasteiger partial charge in [-0.15, -0.1) is 0 Å². The van der Waals surface area contributed by atoms with E-state index in [1.807, 2.05) is 42.7 Å². The summed E-state index contributed by atoms with van der Waals surface area (Å²) < 4.78 is 12.6. The van der Waals surface area contributed by atoms with Gasteiger partial charge in [0.25, 0.3) is 5.56 Å². The summed E-state index contributed by atoms with van der Waals surface area (Å²) in [5, 5.41) is 4.44. The van der Waals surface area contributed by atoms with Gasteiger partial charge in [0.1, 0.15) is 5.75 Å². The van der Waals surface area contributed by atoms with Crippen LogP contribution in [0.3, 0.4) is 0 Å². The fraction of sp³-hybridized carbons (Fsp3) is 0.375. The maximum absolute atomic E-state index is 13.2. The number of rotatable bonds is 6. The molecule has 0 aliphatic carbocycles. The van der Waals surface area contributed by atoms with Crippen molar-refractivity contribution in [3.8, 4) is 5.75 Å². The molecular weight excluding hydrogens is 378 g/mol. The summed E-state index contributed by atoms with van der Waals surface area (Å²) in [6.45, 7) is 7.92. The molecule has 3 aromatic rings. The number of benzene rings is 2. The van der Waals surface area contributed by atoms with Crippen molar-refractivity contribution in [2.24, 2.45) is 0 Å². The van der Waals surface area contributed by atoms with Crippen LogP contribution in [0.25, 0.3) is 10.9 Å². The van der Waals surface area contributed by atoms with Crippen molar-refractivity contribution in [3.05, 3.63) is 64.4 Å². The second kappa shape index (κ2) is 8.79. The molecule has 0 amide bonds. The van der Waals surface area contributed by atoms with Crippen molar-refractivity contribution in [2.45, 2.75) is 26.4 Å². The van der Waals surface area contributed by atoms with Gasteiger partial charge in [-0.2, -0.15) is 0 Å². The Morgan fingerprint density at radius 1 is 1.07 bits per heavy atom. The fourth-order valence-electron chi connectivity index (χ4n) is 3.94. The molecule has 1 aliphatic heterocycles. The van der Waals surface area contributed by atoms with Crippen molar-refractivity contribution < 1.29 is 9.47 Å². The van der Waals surface area contributed by atoms with E-state index in [1.165, 1.54) is 5.69 Å². The zero-order valence-electron chi connectivity index (χ0n) is 17.9. The smallest absolute Gasteiger partial charge is 0.256 e. The van der Waals surface area contributed by atoms with Crippen LogP contribution in [0.1, 0.15) is 25.5 Å². The molecule has 6 nitrogen and oxygen atoms in total. The minimum atomic E-state index is 0.0307. The monoisotopic (exact) mass is 407 g/mol. The Kier molecular flexibility index (Phi) is 5.95. The molecule has 0 spiro atoms. The van der Waals surface area contributed by atoms with Crippen molar-refractivity contribution in [1.29, 1.82) is 0 Å². The van der Waals surface area contributed by atoms with Gasteiger partial charge in [-0.3, -0.25) is 4.79 Å². The van der Waals surface area contributed by atoms with Crippen LogP contribution in [0.5, 0.6) is 5.75 Å². The van der Waals surface area contributed by atoms with E-state index in [0.717, 1.165) is 54.2 Å². The van der Waals surface area contributed by atoms with Crippen LogP contribution < -0.4 is 20.5 Å². The Balaban J connectivity index is 1.56. The highest BCUT2D eigenvalue weighted by molar-refractivity contribution is 5.81. The van der Waals surface area contributed by atoms with Gasteiger partial charge in [0.05, 0.1) is 25.8 Å². The lowest BCUT2D eigenvalue weighted by molar-refractivity contribution is 0.122. The molecule has 4 rings (SSSR count). The van der Waals surface area contributed by atoms with Gasteiger partial charge in [-0.05, 0) is 61.7 Å². The lowest BCUT2D eigenvalue weighted by atomic mass is 10.1. The average molecular weight is 408 g/mol. The molecule has 2 heterocycles. The second-order valence-corrected chi connectivity index (χ2v) is 7.86. The number of nitrogens with one attached hydrogen (secondary N) is 1. The summed E-state index contributed by atoms with van der Waals surface area (Å²) in [5.74, 6) is 0.752. The maximum Gasteiger partial charge on any atom is 0.256 e. The van der Waals surface area contributed by atoms with Crippen LogP contribution in [0.15, 0.2) is 53.3 Å². The molecule has 6 heteroatoms. The van der Waals surface area contributed by atoms with E-state index < -0.39 is 0 Å². The third kappa shape index (κ3) is 4.14. The number of anilines is 2. The largest absolute Gasteiger partial charge is 0.497 e. The summed E-state index contributed by atoms with van der Waals surface area (Å²) in [4.78, 5) is 15.5. The molecule has 0 atom stereocenters. The van der Waals surface area contributed by atoms with E-state index in [1.54, 1.807) is 7.11 Å². The second-order valence-electron chi connectivity index (χ2n) is 7.86. The van der Waals surface area contributed by atoms with E-state index in [0.29, 0.717) is 6.54 Å². The summed E-state index contributed by atoms with van der Waals surface area (Å²) in [5.41, 5.74) is 3.87. The molecule has 0 unspecified atom stereocenters. The summed E-state index contributed by atoms with van der Waals surface area (Å²) in [6.07, 6.45) is 0. The molecule has 1 fully saturated rings. The Hall–Kier alpha value is -2.99. The Bertz CT molecular complexity index is 1070. The van der Waals surface area contributed by atoms with Gasteiger partial charge in [0.15, 0.2) is 0 Å². The number of morpholine rings is 1. The molecule has 0 bridgehead atoms. The van der Waals surface area contributed by atoms with Crippen LogP contribution in [0.4, 0.5) is 11.4 Å². The molecule has 0 radical (unpaired) electrons. The van der Waals surface area contributed by atoms with Crippen molar-refractivity contribution in [1.82, 2.24) is 4.57 Å². The highest BCUT2D eigenvalue weighted by Gasteiger charge is 2.13. The van der Waals surface area contributed by atoms with Crippen molar-refractivity contribution in [3.63, 3.8) is 0 Å². The highest BCUT2D eigenvalue weighted by atomic mass is 16.5. The lowest BCUT2D eigenvalue weighted by Crippen LogP contribution is -2.36. The van der Waals surface area contributed by atoms with E-state index >= 15 is 0 Å². The standard InChI is InChI=1S/C24H29N3O3/c1-17(2)27-23-15-22(29-3)9-4-18(23)14-19(24(27)28)16-25-20-5-7-21(8-6-20)26-10-12-30-13-11-26/h4-9,14-15,17,25H,10-13,16H2,1-3H3. The van der Waals surface area contributed by atoms with Gasteiger partial charge >= 0.3 is 0 Å². The number of aromatic nitrogens is 1. The topological polar surface area (TPSA) is 55.7 Å². The third-order valence-electron chi connectivity index (χ3n) is 5.56. The first kappa shape index (κ1) is 20.3. The predicted octanol–water partition coefficient (Wildman–Crippen LogP) is 4.04. The van der Waals surface area contributed by atoms with Gasteiger partial charge < -0.3 is 24.3 Å². The molecule has 1 N–H and O–H groups in total. The van der Waals surface area contributed by atoms with E-state index in [-0.39, 0.29) is 11.6 Å². The normalized spacial score (nSPS) is 14.3. The molecule has 0 saturated carbocycles. The first-order chi connectivity index (χ1) is 14.6. The SMILES string of the molecule is COc1ccc2cc(CNc3ccc(N4CCOCC4)cc3)c(=O)n(C(C)C)c2c1. The molecule has 30 heavy (non-hydrogen) atoms. The van der Waals surface area contributed by atoms with Gasteiger partial charge in [-0.1, -0.05) is 0 Å². The molecule has 1 aliphatic rings. The zero-order valence-corrected chi connectivity index (χ0v) is 17.9. The van der Waals surface area contributed by atoms with E-state index in [2.05, 4.69) is 34.5 Å². The maximum atomic E-state index is 13.2. The molecule has 158 valence electrons. The first-order valence-corrected chi connectivity index (χ1v) is 10.5. The van der Waals surface area contributed by atoms with Crippen LogP contribution in [-0.2, 0) is 11.3 Å². The quantitative estimate of drug-likeness (QED) is 0.668. The number of pyridine rings is 1. The Labute approximate surface area is 177 Å².